The lowest BCUT2D eigenvalue weighted by molar-refractivity contribution is -0.138. The fraction of sp³-hybridized carbons (Fsp3) is 0.462. The van der Waals surface area contributed by atoms with Crippen LogP contribution in [0.5, 0.6) is 11.5 Å². The molecule has 3 N–H and O–H groups in total. The molecule has 1 fully saturated rings. The molecule has 1 heterocycles. The van der Waals surface area contributed by atoms with E-state index in [0.29, 0.717) is 34.7 Å². The van der Waals surface area contributed by atoms with Crippen LogP contribution in [0.4, 0.5) is 0 Å². The fourth-order valence-corrected chi connectivity index (χ4v) is 2.69. The summed E-state index contributed by atoms with van der Waals surface area (Å²) in [6.07, 6.45) is 2.23. The highest BCUT2D eigenvalue weighted by molar-refractivity contribution is 9.10. The van der Waals surface area contributed by atoms with E-state index in [4.69, 9.17) is 20.3 Å². The Morgan fingerprint density at radius 3 is 2.42 bits per heavy atom. The Hall–Kier alpha value is -1.27. The third-order valence-corrected chi connectivity index (χ3v) is 4.38. The molecule has 6 heteroatoms. The first-order chi connectivity index (χ1) is 9.01. The lowest BCUT2D eigenvalue weighted by atomic mass is 10.1. The van der Waals surface area contributed by atoms with Gasteiger partial charge in [0.25, 0.3) is 0 Å². The summed E-state index contributed by atoms with van der Waals surface area (Å²) >= 11 is 3.34. The van der Waals surface area contributed by atoms with Gasteiger partial charge in [-0.2, -0.15) is 0 Å². The fourth-order valence-electron chi connectivity index (χ4n) is 2.12. The lowest BCUT2D eigenvalue weighted by Crippen LogP contribution is -2.21. The van der Waals surface area contributed by atoms with Crippen LogP contribution in [0, 0.1) is 5.41 Å². The number of carboxylic acid groups (broad SMARTS) is 1. The number of hydrogen-bond acceptors (Lipinski definition) is 4. The second kappa shape index (κ2) is 4.38. The summed E-state index contributed by atoms with van der Waals surface area (Å²) in [5.41, 5.74) is 6.29. The molecule has 0 amide bonds. The first-order valence-electron chi connectivity index (χ1n) is 6.08. The van der Waals surface area contributed by atoms with Crippen LogP contribution in [0.1, 0.15) is 24.4 Å². The molecule has 1 aliphatic heterocycles. The van der Waals surface area contributed by atoms with Crippen LogP contribution in [-0.4, -0.2) is 24.3 Å². The molecule has 1 saturated carbocycles. The molecule has 1 aromatic rings. The second-order valence-corrected chi connectivity index (χ2v) is 6.07. The Labute approximate surface area is 118 Å². The number of fused-ring (bicyclic) bond motifs is 1. The largest absolute Gasteiger partial charge is 0.489 e. The number of benzene rings is 1. The van der Waals surface area contributed by atoms with E-state index in [1.165, 1.54) is 0 Å². The van der Waals surface area contributed by atoms with E-state index in [1.807, 2.05) is 0 Å². The van der Waals surface area contributed by atoms with Crippen LogP contribution < -0.4 is 15.2 Å². The first-order valence-corrected chi connectivity index (χ1v) is 6.87. The van der Waals surface area contributed by atoms with Gasteiger partial charge in [0.05, 0.1) is 13.2 Å². The SMILES string of the molecule is NC(C(=O)O)c1cc2c(cc1Br)OCC1(CC1)CO2. The first kappa shape index (κ1) is 12.7. The third kappa shape index (κ3) is 2.30. The second-order valence-electron chi connectivity index (χ2n) is 5.21. The predicted octanol–water partition coefficient (Wildman–Crippen LogP) is 2.08. The summed E-state index contributed by atoms with van der Waals surface area (Å²) < 4.78 is 12.1. The zero-order valence-corrected chi connectivity index (χ0v) is 11.8. The molecule has 1 spiro atoms. The maximum absolute atomic E-state index is 11.0. The van der Waals surface area contributed by atoms with Gasteiger partial charge in [-0.25, -0.2) is 0 Å². The van der Waals surface area contributed by atoms with Gasteiger partial charge in [0, 0.05) is 9.89 Å². The predicted molar refractivity (Wildman–Crippen MR) is 71.4 cm³/mol. The zero-order chi connectivity index (χ0) is 13.6. The van der Waals surface area contributed by atoms with Crippen molar-refractivity contribution in [3.8, 4) is 11.5 Å². The Balaban J connectivity index is 1.94. The average molecular weight is 328 g/mol. The smallest absolute Gasteiger partial charge is 0.325 e. The highest BCUT2D eigenvalue weighted by Crippen LogP contribution is 2.49. The van der Waals surface area contributed by atoms with Gasteiger partial charge in [-0.1, -0.05) is 15.9 Å². The van der Waals surface area contributed by atoms with Gasteiger partial charge in [0.15, 0.2) is 11.5 Å². The molecule has 0 saturated heterocycles. The van der Waals surface area contributed by atoms with Crippen molar-refractivity contribution in [3.63, 3.8) is 0 Å². The number of hydrogen-bond donors (Lipinski definition) is 2. The summed E-state index contributed by atoms with van der Waals surface area (Å²) in [5, 5.41) is 8.99. The van der Waals surface area contributed by atoms with Crippen molar-refractivity contribution in [2.24, 2.45) is 11.1 Å². The zero-order valence-electron chi connectivity index (χ0n) is 10.2. The van der Waals surface area contributed by atoms with Gasteiger partial charge < -0.3 is 20.3 Å². The molecule has 1 aliphatic carbocycles. The van der Waals surface area contributed by atoms with Gasteiger partial charge in [0.1, 0.15) is 6.04 Å². The Kier molecular flexibility index (Phi) is 2.94. The lowest BCUT2D eigenvalue weighted by Gasteiger charge is -2.14. The summed E-state index contributed by atoms with van der Waals surface area (Å²) in [7, 11) is 0. The summed E-state index contributed by atoms with van der Waals surface area (Å²) in [6, 6.07) is 2.30. The molecule has 102 valence electrons. The molecule has 2 aliphatic rings. The van der Waals surface area contributed by atoms with Crippen molar-refractivity contribution in [1.29, 1.82) is 0 Å². The number of aliphatic carboxylic acids is 1. The summed E-state index contributed by atoms with van der Waals surface area (Å²) in [6.45, 7) is 1.26. The van der Waals surface area contributed by atoms with Crippen LogP contribution >= 0.6 is 15.9 Å². The van der Waals surface area contributed by atoms with Crippen molar-refractivity contribution in [1.82, 2.24) is 0 Å². The molecule has 0 bridgehead atoms. The van der Waals surface area contributed by atoms with E-state index < -0.39 is 12.0 Å². The van der Waals surface area contributed by atoms with E-state index in [9.17, 15) is 4.79 Å². The van der Waals surface area contributed by atoms with E-state index in [-0.39, 0.29) is 5.41 Å². The van der Waals surface area contributed by atoms with Gasteiger partial charge in [-0.15, -0.1) is 0 Å². The molecule has 1 unspecified atom stereocenters. The number of ether oxygens (including phenoxy) is 2. The molecule has 0 aromatic heterocycles. The van der Waals surface area contributed by atoms with Gasteiger partial charge in [-0.05, 0) is 30.5 Å². The minimum absolute atomic E-state index is 0.153. The van der Waals surface area contributed by atoms with E-state index in [0.717, 1.165) is 12.8 Å². The number of carboxylic acids is 1. The summed E-state index contributed by atoms with van der Waals surface area (Å²) in [4.78, 5) is 11.0. The molecular formula is C13H14BrNO4. The number of halogens is 1. The Morgan fingerprint density at radius 2 is 1.89 bits per heavy atom. The Morgan fingerprint density at radius 1 is 1.32 bits per heavy atom. The van der Waals surface area contributed by atoms with Crippen LogP contribution in [0.25, 0.3) is 0 Å². The minimum Gasteiger partial charge on any atom is -0.489 e. The molecule has 1 aromatic carbocycles. The van der Waals surface area contributed by atoms with E-state index >= 15 is 0 Å². The number of nitrogens with two attached hydrogens (primary N) is 1. The highest BCUT2D eigenvalue weighted by Gasteiger charge is 2.46. The standard InChI is InChI=1S/C13H14BrNO4/c14-8-4-10-9(3-7(8)11(15)12(16)17)18-5-13(1-2-13)6-19-10/h3-4,11H,1-2,5-6,15H2,(H,16,17). The quantitative estimate of drug-likeness (QED) is 0.869. The molecule has 1 atom stereocenters. The topological polar surface area (TPSA) is 81.8 Å². The highest BCUT2D eigenvalue weighted by atomic mass is 79.9. The van der Waals surface area contributed by atoms with Crippen LogP contribution in [0.15, 0.2) is 16.6 Å². The maximum atomic E-state index is 11.0. The number of rotatable bonds is 2. The maximum Gasteiger partial charge on any atom is 0.325 e. The summed E-state index contributed by atoms with van der Waals surface area (Å²) in [5.74, 6) is 0.129. The third-order valence-electron chi connectivity index (χ3n) is 3.69. The van der Waals surface area contributed by atoms with Crippen molar-refractivity contribution in [3.05, 3.63) is 22.2 Å². The van der Waals surface area contributed by atoms with Crippen LogP contribution in [0.3, 0.4) is 0 Å². The Bertz CT molecular complexity index is 542. The van der Waals surface area contributed by atoms with Crippen LogP contribution in [-0.2, 0) is 4.79 Å². The molecule has 0 radical (unpaired) electrons. The molecule has 5 nitrogen and oxygen atoms in total. The van der Waals surface area contributed by atoms with Gasteiger partial charge in [-0.3, -0.25) is 4.79 Å². The minimum atomic E-state index is -1.08. The average Bonchev–Trinajstić information content (AvgIpc) is 3.16. The van der Waals surface area contributed by atoms with Crippen molar-refractivity contribution < 1.29 is 19.4 Å². The van der Waals surface area contributed by atoms with Crippen molar-refractivity contribution in [2.75, 3.05) is 13.2 Å². The van der Waals surface area contributed by atoms with Crippen molar-refractivity contribution in [2.45, 2.75) is 18.9 Å². The van der Waals surface area contributed by atoms with Gasteiger partial charge in [0.2, 0.25) is 0 Å². The van der Waals surface area contributed by atoms with Crippen LogP contribution in [0.2, 0.25) is 0 Å². The van der Waals surface area contributed by atoms with E-state index in [2.05, 4.69) is 15.9 Å². The van der Waals surface area contributed by atoms with Gasteiger partial charge >= 0.3 is 5.97 Å². The molecule has 3 rings (SSSR count). The molecular weight excluding hydrogens is 314 g/mol. The number of carbonyl (C=O) groups is 1. The molecule has 19 heavy (non-hydrogen) atoms. The van der Waals surface area contributed by atoms with Crippen molar-refractivity contribution >= 4 is 21.9 Å². The van der Waals surface area contributed by atoms with E-state index in [1.54, 1.807) is 12.1 Å². The monoisotopic (exact) mass is 327 g/mol. The normalized spacial score (nSPS) is 20.7.